The van der Waals surface area contributed by atoms with Crippen molar-refractivity contribution in [3.63, 3.8) is 0 Å². The molecule has 0 fully saturated rings. The maximum Gasteiger partial charge on any atom is 0.387 e. The second kappa shape index (κ2) is 7.77. The average Bonchev–Trinajstić information content (AvgIpc) is 2.28. The molecule has 19 heavy (non-hydrogen) atoms. The Kier molecular flexibility index (Phi) is 6.68. The van der Waals surface area contributed by atoms with E-state index in [0.29, 0.717) is 12.1 Å². The summed E-state index contributed by atoms with van der Waals surface area (Å²) in [4.78, 5) is 2.06. The van der Waals surface area contributed by atoms with Crippen molar-refractivity contribution in [2.24, 2.45) is 0 Å². The molecule has 3 nitrogen and oxygen atoms in total. The Hall–Kier alpha value is -0.720. The fourth-order valence-corrected chi connectivity index (χ4v) is 2.20. The Bertz CT molecular complexity index is 402. The second-order valence-electron chi connectivity index (χ2n) is 4.67. The number of hydrogen-bond donors (Lipinski definition) is 1. The van der Waals surface area contributed by atoms with Gasteiger partial charge in [-0.3, -0.25) is 0 Å². The minimum Gasteiger partial charge on any atom is -0.434 e. The van der Waals surface area contributed by atoms with Crippen LogP contribution in [0.4, 0.5) is 8.78 Å². The van der Waals surface area contributed by atoms with Crippen LogP contribution in [0.1, 0.15) is 12.5 Å². The zero-order chi connectivity index (χ0) is 14.4. The standard InChI is InChI=1S/C13H19BrF2N2O/c1-9(8-18(2)3)17-7-10-6-11(14)4-5-12(10)19-13(15)16/h4-6,9,13,17H,7-8H2,1-3H3. The van der Waals surface area contributed by atoms with Crippen molar-refractivity contribution in [3.05, 3.63) is 28.2 Å². The molecule has 0 radical (unpaired) electrons. The van der Waals surface area contributed by atoms with E-state index in [2.05, 4.69) is 30.9 Å². The van der Waals surface area contributed by atoms with E-state index in [4.69, 9.17) is 0 Å². The third-order valence-electron chi connectivity index (χ3n) is 2.52. The summed E-state index contributed by atoms with van der Waals surface area (Å²) in [5.41, 5.74) is 0.709. The smallest absolute Gasteiger partial charge is 0.387 e. The number of nitrogens with one attached hydrogen (secondary N) is 1. The van der Waals surface area contributed by atoms with Gasteiger partial charge in [-0.1, -0.05) is 15.9 Å². The summed E-state index contributed by atoms with van der Waals surface area (Å²) >= 11 is 3.33. The molecule has 0 aliphatic carbocycles. The third-order valence-corrected chi connectivity index (χ3v) is 3.01. The Morgan fingerprint density at radius 2 is 2.05 bits per heavy atom. The predicted octanol–water partition coefficient (Wildman–Crippen LogP) is 3.09. The van der Waals surface area contributed by atoms with Gasteiger partial charge in [0.05, 0.1) is 0 Å². The maximum atomic E-state index is 12.3. The zero-order valence-electron chi connectivity index (χ0n) is 11.3. The lowest BCUT2D eigenvalue weighted by Gasteiger charge is -2.19. The monoisotopic (exact) mass is 336 g/mol. The quantitative estimate of drug-likeness (QED) is 0.828. The number of ether oxygens (including phenoxy) is 1. The first kappa shape index (κ1) is 16.3. The Balaban J connectivity index is 2.67. The van der Waals surface area contributed by atoms with Crippen molar-refractivity contribution in [2.75, 3.05) is 20.6 Å². The number of benzene rings is 1. The van der Waals surface area contributed by atoms with E-state index in [0.717, 1.165) is 11.0 Å². The normalized spacial score (nSPS) is 13.1. The largest absolute Gasteiger partial charge is 0.434 e. The molecule has 0 heterocycles. The summed E-state index contributed by atoms with van der Waals surface area (Å²) in [6, 6.07) is 5.27. The lowest BCUT2D eigenvalue weighted by Crippen LogP contribution is -2.35. The molecule has 1 aromatic carbocycles. The molecule has 1 aromatic rings. The van der Waals surface area contributed by atoms with Crippen LogP contribution in [0.15, 0.2) is 22.7 Å². The van der Waals surface area contributed by atoms with Crippen molar-refractivity contribution < 1.29 is 13.5 Å². The maximum absolute atomic E-state index is 12.3. The van der Waals surface area contributed by atoms with E-state index < -0.39 is 6.61 Å². The van der Waals surface area contributed by atoms with Gasteiger partial charge in [0, 0.05) is 29.2 Å². The van der Waals surface area contributed by atoms with Crippen molar-refractivity contribution in [3.8, 4) is 5.75 Å². The van der Waals surface area contributed by atoms with Crippen LogP contribution in [0, 0.1) is 0 Å². The number of likely N-dealkylation sites (N-methyl/N-ethyl adjacent to an activating group) is 1. The first-order valence-electron chi connectivity index (χ1n) is 6.00. The van der Waals surface area contributed by atoms with E-state index in [1.165, 1.54) is 0 Å². The lowest BCUT2D eigenvalue weighted by atomic mass is 10.2. The number of nitrogens with zero attached hydrogens (tertiary/aromatic N) is 1. The van der Waals surface area contributed by atoms with Crippen LogP contribution in [0.3, 0.4) is 0 Å². The van der Waals surface area contributed by atoms with Gasteiger partial charge in [-0.05, 0) is 39.2 Å². The van der Waals surface area contributed by atoms with Gasteiger partial charge in [-0.15, -0.1) is 0 Å². The minimum absolute atomic E-state index is 0.211. The predicted molar refractivity (Wildman–Crippen MR) is 75.6 cm³/mol. The van der Waals surface area contributed by atoms with Crippen molar-refractivity contribution in [2.45, 2.75) is 26.1 Å². The molecule has 1 atom stereocenters. The molecule has 0 saturated heterocycles. The highest BCUT2D eigenvalue weighted by molar-refractivity contribution is 9.10. The fraction of sp³-hybridized carbons (Fsp3) is 0.538. The molecule has 0 aliphatic heterocycles. The van der Waals surface area contributed by atoms with E-state index >= 15 is 0 Å². The van der Waals surface area contributed by atoms with Gasteiger partial charge in [0.2, 0.25) is 0 Å². The number of rotatable bonds is 7. The summed E-state index contributed by atoms with van der Waals surface area (Å²) < 4.78 is 30.0. The molecule has 6 heteroatoms. The molecule has 108 valence electrons. The topological polar surface area (TPSA) is 24.5 Å². The van der Waals surface area contributed by atoms with Gasteiger partial charge in [0.1, 0.15) is 5.75 Å². The first-order valence-corrected chi connectivity index (χ1v) is 6.79. The van der Waals surface area contributed by atoms with Crippen molar-refractivity contribution in [1.29, 1.82) is 0 Å². The van der Waals surface area contributed by atoms with Crippen LogP contribution in [-0.4, -0.2) is 38.2 Å². The third kappa shape index (κ3) is 6.31. The highest BCUT2D eigenvalue weighted by atomic mass is 79.9. The summed E-state index contributed by atoms with van der Waals surface area (Å²) in [5.74, 6) is 0.211. The number of hydrogen-bond acceptors (Lipinski definition) is 3. The molecule has 1 rings (SSSR count). The molecule has 0 bridgehead atoms. The highest BCUT2D eigenvalue weighted by Crippen LogP contribution is 2.24. The van der Waals surface area contributed by atoms with Crippen LogP contribution < -0.4 is 10.1 Å². The minimum atomic E-state index is -2.81. The molecule has 0 spiro atoms. The Morgan fingerprint density at radius 1 is 1.37 bits per heavy atom. The van der Waals surface area contributed by atoms with E-state index in [1.807, 2.05) is 21.0 Å². The van der Waals surface area contributed by atoms with E-state index in [9.17, 15) is 8.78 Å². The number of halogens is 3. The summed E-state index contributed by atoms with van der Waals surface area (Å²) in [6.07, 6.45) is 0. The molecule has 1 unspecified atom stereocenters. The summed E-state index contributed by atoms with van der Waals surface area (Å²) in [5, 5.41) is 3.28. The first-order chi connectivity index (χ1) is 8.88. The molecule has 1 N–H and O–H groups in total. The van der Waals surface area contributed by atoms with Gasteiger partial charge in [0.15, 0.2) is 0 Å². The fourth-order valence-electron chi connectivity index (χ4n) is 1.79. The lowest BCUT2D eigenvalue weighted by molar-refractivity contribution is -0.0505. The molecule has 0 amide bonds. The van der Waals surface area contributed by atoms with Crippen LogP contribution in [0.2, 0.25) is 0 Å². The van der Waals surface area contributed by atoms with Gasteiger partial charge in [-0.2, -0.15) is 8.78 Å². The van der Waals surface area contributed by atoms with Crippen LogP contribution in [0.5, 0.6) is 5.75 Å². The summed E-state index contributed by atoms with van der Waals surface area (Å²) in [6.45, 7) is 0.598. The van der Waals surface area contributed by atoms with Crippen LogP contribution in [0.25, 0.3) is 0 Å². The molecular weight excluding hydrogens is 318 g/mol. The molecular formula is C13H19BrF2N2O. The van der Waals surface area contributed by atoms with Crippen molar-refractivity contribution >= 4 is 15.9 Å². The van der Waals surface area contributed by atoms with Gasteiger partial charge in [-0.25, -0.2) is 0 Å². The average molecular weight is 337 g/mol. The molecule has 0 aromatic heterocycles. The van der Waals surface area contributed by atoms with Crippen LogP contribution in [-0.2, 0) is 6.54 Å². The number of alkyl halides is 2. The van der Waals surface area contributed by atoms with Gasteiger partial charge >= 0.3 is 6.61 Å². The van der Waals surface area contributed by atoms with E-state index in [-0.39, 0.29) is 11.8 Å². The van der Waals surface area contributed by atoms with Crippen molar-refractivity contribution in [1.82, 2.24) is 10.2 Å². The van der Waals surface area contributed by atoms with Gasteiger partial charge in [0.25, 0.3) is 0 Å². The molecule has 0 saturated carbocycles. The second-order valence-corrected chi connectivity index (χ2v) is 5.59. The highest BCUT2D eigenvalue weighted by Gasteiger charge is 2.11. The van der Waals surface area contributed by atoms with Crippen LogP contribution >= 0.6 is 15.9 Å². The van der Waals surface area contributed by atoms with E-state index in [1.54, 1.807) is 18.2 Å². The Labute approximate surface area is 121 Å². The molecule has 0 aliphatic rings. The summed E-state index contributed by atoms with van der Waals surface area (Å²) in [7, 11) is 3.98. The SMILES string of the molecule is CC(CN(C)C)NCc1cc(Br)ccc1OC(F)F. The Morgan fingerprint density at radius 3 is 2.63 bits per heavy atom. The van der Waals surface area contributed by atoms with Gasteiger partial charge < -0.3 is 15.0 Å². The zero-order valence-corrected chi connectivity index (χ0v) is 12.9.